The number of aliphatic imine (C=N–C) groups is 1. The number of benzene rings is 9. The normalized spacial score (nSPS) is 14.9. The molecule has 0 amide bonds. The van der Waals surface area contributed by atoms with Gasteiger partial charge in [-0.3, -0.25) is 4.99 Å². The molecule has 0 N–H and O–H groups in total. The molecule has 2 nitrogen and oxygen atoms in total. The fraction of sp³-hybridized carbons (Fsp3) is 0.0690. The Labute approximate surface area is 349 Å². The summed E-state index contributed by atoms with van der Waals surface area (Å²) in [6.45, 7) is 0. The van der Waals surface area contributed by atoms with Crippen LogP contribution in [0.3, 0.4) is 0 Å². The Morgan fingerprint density at radius 3 is 1.78 bits per heavy atom. The molecule has 10 aromatic rings. The smallest absolute Gasteiger partial charge is 0.0781 e. The average molecular weight is 765 g/mol. The van der Waals surface area contributed by atoms with E-state index >= 15 is 0 Å². The molecule has 12 rings (SSSR count). The number of hydrogen-bond donors (Lipinski definition) is 0. The quantitative estimate of drug-likeness (QED) is 0.164. The van der Waals surface area contributed by atoms with Crippen LogP contribution in [0, 0.1) is 5.92 Å². The van der Waals surface area contributed by atoms with Crippen molar-refractivity contribution in [2.45, 2.75) is 19.3 Å². The Balaban J connectivity index is 1.08. The van der Waals surface area contributed by atoms with Crippen LogP contribution in [0.4, 0.5) is 5.69 Å². The van der Waals surface area contributed by atoms with Gasteiger partial charge >= 0.3 is 0 Å². The van der Waals surface area contributed by atoms with Gasteiger partial charge in [0.25, 0.3) is 0 Å². The number of fused-ring (bicyclic) bond motifs is 8. The van der Waals surface area contributed by atoms with Crippen LogP contribution in [0.2, 0.25) is 0 Å². The summed E-state index contributed by atoms with van der Waals surface area (Å²) in [6, 6.07) is 64.8. The van der Waals surface area contributed by atoms with Gasteiger partial charge in [-0.05, 0) is 132 Å². The van der Waals surface area contributed by atoms with E-state index in [1.54, 1.807) is 0 Å². The first-order valence-electron chi connectivity index (χ1n) is 21.1. The summed E-state index contributed by atoms with van der Waals surface area (Å²) in [5, 5.41) is 11.1. The van der Waals surface area contributed by atoms with Crippen LogP contribution < -0.4 is 0 Å². The number of rotatable bonds is 4. The van der Waals surface area contributed by atoms with Gasteiger partial charge in [-0.2, -0.15) is 0 Å². The summed E-state index contributed by atoms with van der Waals surface area (Å²) in [7, 11) is 0. The first-order valence-corrected chi connectivity index (χ1v) is 21.1. The minimum Gasteiger partial charge on any atom is -0.252 e. The largest absolute Gasteiger partial charge is 0.252 e. The van der Waals surface area contributed by atoms with Gasteiger partial charge in [0.1, 0.15) is 0 Å². The molecule has 1 aliphatic carbocycles. The van der Waals surface area contributed by atoms with Crippen molar-refractivity contribution in [3.63, 3.8) is 0 Å². The third-order valence-electron chi connectivity index (χ3n) is 12.8. The lowest BCUT2D eigenvalue weighted by molar-refractivity contribution is 0.624. The van der Waals surface area contributed by atoms with Crippen LogP contribution >= 0.6 is 0 Å². The molecule has 282 valence electrons. The fourth-order valence-electron chi connectivity index (χ4n) is 9.93. The monoisotopic (exact) mass is 764 g/mol. The minimum absolute atomic E-state index is 0.365. The van der Waals surface area contributed by atoms with Crippen LogP contribution in [-0.2, 0) is 6.42 Å². The van der Waals surface area contributed by atoms with E-state index in [9.17, 15) is 0 Å². The zero-order valence-electron chi connectivity index (χ0n) is 33.1. The van der Waals surface area contributed by atoms with E-state index in [0.717, 1.165) is 47.1 Å². The summed E-state index contributed by atoms with van der Waals surface area (Å²) < 4.78 is 0. The molecule has 0 radical (unpaired) electrons. The number of para-hydroxylation sites is 1. The summed E-state index contributed by atoms with van der Waals surface area (Å²) in [5.41, 5.74) is 14.0. The molecule has 2 heteroatoms. The van der Waals surface area contributed by atoms with Crippen molar-refractivity contribution in [1.29, 1.82) is 0 Å². The van der Waals surface area contributed by atoms with E-state index in [2.05, 4.69) is 200 Å². The van der Waals surface area contributed by atoms with Crippen LogP contribution in [0.1, 0.15) is 18.4 Å². The molecule has 0 spiro atoms. The predicted molar refractivity (Wildman–Crippen MR) is 255 cm³/mol. The zero-order valence-corrected chi connectivity index (χ0v) is 33.1. The maximum atomic E-state index is 5.40. The summed E-state index contributed by atoms with van der Waals surface area (Å²) in [6.07, 6.45) is 11.8. The van der Waals surface area contributed by atoms with Gasteiger partial charge in [0.15, 0.2) is 0 Å². The second-order valence-corrected chi connectivity index (χ2v) is 16.4. The molecular formula is C58H40N2. The lowest BCUT2D eigenvalue weighted by Gasteiger charge is -2.26. The van der Waals surface area contributed by atoms with Crippen molar-refractivity contribution in [2.75, 3.05) is 0 Å². The molecule has 1 aromatic heterocycles. The number of pyridine rings is 1. The molecule has 1 aliphatic heterocycles. The Morgan fingerprint density at radius 1 is 0.433 bits per heavy atom. The maximum Gasteiger partial charge on any atom is 0.0781 e. The van der Waals surface area contributed by atoms with Gasteiger partial charge in [-0.15, -0.1) is 0 Å². The van der Waals surface area contributed by atoms with Crippen LogP contribution in [-0.4, -0.2) is 10.7 Å². The maximum absolute atomic E-state index is 5.40. The van der Waals surface area contributed by atoms with Crippen molar-refractivity contribution < 1.29 is 0 Å². The second kappa shape index (κ2) is 14.1. The molecule has 0 saturated carbocycles. The molecule has 1 atom stereocenters. The fourth-order valence-corrected chi connectivity index (χ4v) is 9.93. The summed E-state index contributed by atoms with van der Waals surface area (Å²) in [5.74, 6) is 0.365. The Bertz CT molecular complexity index is 3470. The van der Waals surface area contributed by atoms with Gasteiger partial charge in [-0.25, -0.2) is 4.98 Å². The van der Waals surface area contributed by atoms with Crippen LogP contribution in [0.25, 0.3) is 98.6 Å². The van der Waals surface area contributed by atoms with Crippen molar-refractivity contribution in [1.82, 2.24) is 4.98 Å². The first-order chi connectivity index (χ1) is 29.7. The van der Waals surface area contributed by atoms with Gasteiger partial charge in [0.05, 0.1) is 16.9 Å². The number of nitrogens with zero attached hydrogens (tertiary/aromatic N) is 2. The summed E-state index contributed by atoms with van der Waals surface area (Å²) in [4.78, 5) is 10.8. The third-order valence-corrected chi connectivity index (χ3v) is 12.8. The Hall–Kier alpha value is -7.42. The highest BCUT2D eigenvalue weighted by atomic mass is 14.8. The van der Waals surface area contributed by atoms with Gasteiger partial charge < -0.3 is 0 Å². The summed E-state index contributed by atoms with van der Waals surface area (Å²) >= 11 is 0. The molecule has 0 saturated heterocycles. The average Bonchev–Trinajstić information content (AvgIpc) is 3.30. The molecule has 9 aromatic carbocycles. The third kappa shape index (κ3) is 5.79. The standard InChI is InChI=1S/C58H40N2/c1-2-4-24-53-43(18-3-1)36-52-57(60-54-25-12-11-23-50(54)58(52)59-53)46-20-13-19-41(34-46)42-30-31-49-51(35-42)56(45-29-27-38-15-6-8-17-40(38)33-45)48-22-10-9-21-47(48)55(49)44-28-26-37-14-5-7-16-39(37)32-44/h1-2,4-17,19-35,43H,3,18,36H2/t43-/m0/s1. The predicted octanol–water partition coefficient (Wildman–Crippen LogP) is 15.7. The van der Waals surface area contributed by atoms with Crippen molar-refractivity contribution in [3.8, 4) is 44.6 Å². The van der Waals surface area contributed by atoms with Gasteiger partial charge in [0.2, 0.25) is 0 Å². The van der Waals surface area contributed by atoms with Crippen molar-refractivity contribution >= 4 is 65.4 Å². The van der Waals surface area contributed by atoms with E-state index in [4.69, 9.17) is 9.98 Å². The molecule has 0 unspecified atom stereocenters. The van der Waals surface area contributed by atoms with Crippen LogP contribution in [0.15, 0.2) is 205 Å². The highest BCUT2D eigenvalue weighted by Crippen LogP contribution is 2.47. The molecule has 2 aliphatic rings. The molecular weight excluding hydrogens is 725 g/mol. The van der Waals surface area contributed by atoms with Crippen LogP contribution in [0.5, 0.6) is 0 Å². The topological polar surface area (TPSA) is 25.2 Å². The molecule has 0 bridgehead atoms. The Morgan fingerprint density at radius 2 is 1.03 bits per heavy atom. The van der Waals surface area contributed by atoms with Gasteiger partial charge in [0, 0.05) is 28.1 Å². The molecule has 2 heterocycles. The van der Waals surface area contributed by atoms with E-state index in [1.807, 2.05) is 0 Å². The minimum atomic E-state index is 0.365. The lowest BCUT2D eigenvalue weighted by Crippen LogP contribution is -2.20. The van der Waals surface area contributed by atoms with E-state index in [0.29, 0.717) is 5.92 Å². The molecule has 0 fully saturated rings. The Kier molecular flexibility index (Phi) is 8.16. The lowest BCUT2D eigenvalue weighted by atomic mass is 9.83. The van der Waals surface area contributed by atoms with E-state index in [1.165, 1.54) is 87.7 Å². The van der Waals surface area contributed by atoms with E-state index < -0.39 is 0 Å². The zero-order chi connectivity index (χ0) is 39.6. The van der Waals surface area contributed by atoms with Crippen molar-refractivity contribution in [2.24, 2.45) is 10.9 Å². The van der Waals surface area contributed by atoms with Crippen molar-refractivity contribution in [3.05, 3.63) is 206 Å². The number of aromatic nitrogens is 1. The highest BCUT2D eigenvalue weighted by Gasteiger charge is 2.27. The van der Waals surface area contributed by atoms with E-state index in [-0.39, 0.29) is 0 Å². The second-order valence-electron chi connectivity index (χ2n) is 16.4. The molecule has 60 heavy (non-hydrogen) atoms. The first kappa shape index (κ1) is 34.6. The number of hydrogen-bond acceptors (Lipinski definition) is 2. The SMILES string of the molecule is C1=CCC[C@H]2Cc3c(-c4cccc(-c5ccc6c(-c7ccc8ccccc8c7)c7ccccc7c(-c7ccc8ccccc8c7)c6c5)c4)nc4ccccc4c3N=C2C=C1. The van der Waals surface area contributed by atoms with Gasteiger partial charge in [-0.1, -0.05) is 164 Å². The number of allylic oxidation sites excluding steroid dienone is 4. The highest BCUT2D eigenvalue weighted by molar-refractivity contribution is 6.22.